The summed E-state index contributed by atoms with van der Waals surface area (Å²) in [6.45, 7) is 2.89. The quantitative estimate of drug-likeness (QED) is 0.545. The molecule has 0 radical (unpaired) electrons. The van der Waals surface area contributed by atoms with Gasteiger partial charge in [0.05, 0.1) is 24.0 Å². The summed E-state index contributed by atoms with van der Waals surface area (Å²) < 4.78 is 5.89. The fraction of sp³-hybridized carbons (Fsp3) is 0.308. The van der Waals surface area contributed by atoms with E-state index in [2.05, 4.69) is 37.6 Å². The highest BCUT2D eigenvalue weighted by Crippen LogP contribution is 2.37. The molecule has 8 heteroatoms. The van der Waals surface area contributed by atoms with Crippen molar-refractivity contribution in [1.82, 2.24) is 15.3 Å². The minimum Gasteiger partial charge on any atom is -0.373 e. The van der Waals surface area contributed by atoms with E-state index in [0.717, 1.165) is 55.9 Å². The van der Waals surface area contributed by atoms with Crippen LogP contribution < -0.4 is 15.5 Å². The van der Waals surface area contributed by atoms with Gasteiger partial charge >= 0.3 is 0 Å². The number of nitriles is 1. The van der Waals surface area contributed by atoms with Gasteiger partial charge in [0.1, 0.15) is 6.54 Å². The zero-order valence-corrected chi connectivity index (χ0v) is 18.8. The monoisotopic (exact) mass is 454 g/mol. The Morgan fingerprint density at radius 2 is 1.91 bits per heavy atom. The summed E-state index contributed by atoms with van der Waals surface area (Å²) in [5.41, 5.74) is 4.30. The smallest absolute Gasteiger partial charge is 0.252 e. The van der Waals surface area contributed by atoms with Crippen LogP contribution in [0.1, 0.15) is 29.6 Å². The average molecular weight is 455 g/mol. The van der Waals surface area contributed by atoms with Gasteiger partial charge in [0.25, 0.3) is 5.91 Å². The first-order chi connectivity index (χ1) is 16.6. The number of amides is 1. The van der Waals surface area contributed by atoms with E-state index in [4.69, 9.17) is 10.00 Å². The number of anilines is 3. The Labute approximate surface area is 198 Å². The second kappa shape index (κ2) is 9.49. The number of hydrogen-bond acceptors (Lipinski definition) is 7. The van der Waals surface area contributed by atoms with Gasteiger partial charge in [-0.2, -0.15) is 5.26 Å². The predicted octanol–water partition coefficient (Wildman–Crippen LogP) is 3.90. The summed E-state index contributed by atoms with van der Waals surface area (Å²) in [6, 6.07) is 19.2. The number of benzene rings is 2. The lowest BCUT2D eigenvalue weighted by molar-refractivity contribution is -0.150. The normalized spacial score (nSPS) is 19.2. The van der Waals surface area contributed by atoms with Crippen molar-refractivity contribution < 1.29 is 9.53 Å². The van der Waals surface area contributed by atoms with Crippen LogP contribution in [-0.4, -0.2) is 47.7 Å². The Morgan fingerprint density at radius 3 is 2.62 bits per heavy atom. The Kier molecular flexibility index (Phi) is 6.11. The van der Waals surface area contributed by atoms with Crippen LogP contribution in [0.5, 0.6) is 0 Å². The van der Waals surface area contributed by atoms with Crippen LogP contribution in [0.15, 0.2) is 60.8 Å². The Hall–Kier alpha value is -3.96. The molecule has 8 nitrogen and oxygen atoms in total. The number of hydrogen-bond donors (Lipinski definition) is 2. The first-order valence-corrected chi connectivity index (χ1v) is 11.5. The van der Waals surface area contributed by atoms with E-state index in [1.807, 2.05) is 36.4 Å². The highest BCUT2D eigenvalue weighted by atomic mass is 16.5. The standard InChI is InChI=1S/C26H26N6O2/c27-13-15-28-24(33)20-4-2-19(3-5-20)23-10-14-29-25(31-23)30-21-6-8-22(9-7-21)32-16-1-11-26(18-32)12-17-34-26/h2-10,14H,1,11-12,15-18H2,(H,28,33)(H,29,30,31)/t26-/m0/s1. The topological polar surface area (TPSA) is 103 Å². The van der Waals surface area contributed by atoms with Gasteiger partial charge in [0.2, 0.25) is 5.95 Å². The number of carbonyl (C=O) groups is 1. The lowest BCUT2D eigenvalue weighted by atomic mass is 9.85. The zero-order valence-electron chi connectivity index (χ0n) is 18.8. The third-order valence-corrected chi connectivity index (χ3v) is 6.42. The molecule has 1 spiro atoms. The van der Waals surface area contributed by atoms with Gasteiger partial charge in [-0.3, -0.25) is 4.79 Å². The molecule has 1 atom stereocenters. The lowest BCUT2D eigenvalue weighted by Crippen LogP contribution is -2.56. The van der Waals surface area contributed by atoms with Crippen LogP contribution in [0.25, 0.3) is 11.3 Å². The van der Waals surface area contributed by atoms with Gasteiger partial charge in [-0.15, -0.1) is 0 Å². The van der Waals surface area contributed by atoms with E-state index < -0.39 is 0 Å². The Morgan fingerprint density at radius 1 is 1.12 bits per heavy atom. The van der Waals surface area contributed by atoms with E-state index >= 15 is 0 Å². The molecule has 5 rings (SSSR count). The van der Waals surface area contributed by atoms with E-state index in [0.29, 0.717) is 11.5 Å². The molecule has 2 aromatic carbocycles. The fourth-order valence-corrected chi connectivity index (χ4v) is 4.51. The summed E-state index contributed by atoms with van der Waals surface area (Å²) in [4.78, 5) is 23.4. The van der Waals surface area contributed by atoms with Gasteiger partial charge in [0, 0.05) is 48.2 Å². The van der Waals surface area contributed by atoms with Gasteiger partial charge in [-0.25, -0.2) is 9.97 Å². The number of nitrogens with zero attached hydrogens (tertiary/aromatic N) is 4. The molecule has 2 aliphatic rings. The van der Waals surface area contributed by atoms with E-state index in [1.165, 1.54) is 5.69 Å². The van der Waals surface area contributed by atoms with Crippen molar-refractivity contribution in [2.45, 2.75) is 24.9 Å². The van der Waals surface area contributed by atoms with Gasteiger partial charge in [-0.1, -0.05) is 12.1 Å². The number of carbonyl (C=O) groups excluding carboxylic acids is 1. The second-order valence-corrected chi connectivity index (χ2v) is 8.66. The molecule has 2 N–H and O–H groups in total. The van der Waals surface area contributed by atoms with E-state index in [-0.39, 0.29) is 18.1 Å². The molecule has 1 aromatic heterocycles. The first-order valence-electron chi connectivity index (χ1n) is 11.5. The minimum absolute atomic E-state index is 0.0181. The number of piperidine rings is 1. The maximum Gasteiger partial charge on any atom is 0.252 e. The van der Waals surface area contributed by atoms with Crippen molar-refractivity contribution in [2.75, 3.05) is 36.5 Å². The minimum atomic E-state index is -0.276. The molecule has 3 heterocycles. The number of aromatic nitrogens is 2. The van der Waals surface area contributed by atoms with Crippen molar-refractivity contribution in [1.29, 1.82) is 5.26 Å². The predicted molar refractivity (Wildman–Crippen MR) is 130 cm³/mol. The van der Waals surface area contributed by atoms with E-state index in [9.17, 15) is 4.79 Å². The van der Waals surface area contributed by atoms with Crippen LogP contribution >= 0.6 is 0 Å². The summed E-state index contributed by atoms with van der Waals surface area (Å²) >= 11 is 0. The lowest BCUT2D eigenvalue weighted by Gasteiger charge is -2.49. The van der Waals surface area contributed by atoms with Crippen molar-refractivity contribution in [3.63, 3.8) is 0 Å². The molecule has 34 heavy (non-hydrogen) atoms. The molecule has 1 amide bonds. The number of ether oxygens (including phenoxy) is 1. The molecule has 2 aliphatic heterocycles. The zero-order chi connectivity index (χ0) is 23.4. The van der Waals surface area contributed by atoms with Gasteiger partial charge in [-0.05, 0) is 55.3 Å². The van der Waals surface area contributed by atoms with Gasteiger partial charge in [0.15, 0.2) is 0 Å². The molecule has 0 saturated carbocycles. The van der Waals surface area contributed by atoms with Crippen LogP contribution in [0.3, 0.4) is 0 Å². The van der Waals surface area contributed by atoms with Crippen molar-refractivity contribution in [3.05, 3.63) is 66.4 Å². The Bertz CT molecular complexity index is 1200. The average Bonchev–Trinajstić information content (AvgIpc) is 2.87. The summed E-state index contributed by atoms with van der Waals surface area (Å²) in [5.74, 6) is 0.224. The molecular weight excluding hydrogens is 428 g/mol. The molecule has 0 bridgehead atoms. The fourth-order valence-electron chi connectivity index (χ4n) is 4.51. The maximum absolute atomic E-state index is 12.0. The molecule has 2 saturated heterocycles. The SMILES string of the molecule is N#CCNC(=O)c1ccc(-c2ccnc(Nc3ccc(N4CCC[C@]5(CCO5)C4)cc3)n2)cc1. The summed E-state index contributed by atoms with van der Waals surface area (Å²) in [7, 11) is 0. The van der Waals surface area contributed by atoms with E-state index in [1.54, 1.807) is 18.3 Å². The van der Waals surface area contributed by atoms with Crippen LogP contribution in [0, 0.1) is 11.3 Å². The second-order valence-electron chi connectivity index (χ2n) is 8.66. The molecule has 0 unspecified atom stereocenters. The highest BCUT2D eigenvalue weighted by Gasteiger charge is 2.42. The highest BCUT2D eigenvalue weighted by molar-refractivity contribution is 5.94. The van der Waals surface area contributed by atoms with Crippen molar-refractivity contribution in [2.24, 2.45) is 0 Å². The summed E-state index contributed by atoms with van der Waals surface area (Å²) in [6.07, 6.45) is 5.19. The molecule has 0 aliphatic carbocycles. The van der Waals surface area contributed by atoms with Crippen molar-refractivity contribution >= 4 is 23.2 Å². The largest absolute Gasteiger partial charge is 0.373 e. The summed E-state index contributed by atoms with van der Waals surface area (Å²) in [5, 5.41) is 14.4. The van der Waals surface area contributed by atoms with Crippen molar-refractivity contribution in [3.8, 4) is 17.3 Å². The third-order valence-electron chi connectivity index (χ3n) is 6.42. The van der Waals surface area contributed by atoms with Crippen LogP contribution in [0.4, 0.5) is 17.3 Å². The van der Waals surface area contributed by atoms with Crippen LogP contribution in [0.2, 0.25) is 0 Å². The first kappa shape index (κ1) is 21.9. The molecule has 2 fully saturated rings. The molecule has 3 aromatic rings. The molecule has 172 valence electrons. The Balaban J connectivity index is 1.24. The third kappa shape index (κ3) is 4.70. The van der Waals surface area contributed by atoms with Crippen LogP contribution in [-0.2, 0) is 4.74 Å². The number of nitrogens with one attached hydrogen (secondary N) is 2. The molecular formula is C26H26N6O2. The number of rotatable bonds is 6. The van der Waals surface area contributed by atoms with Gasteiger partial charge < -0.3 is 20.3 Å². The maximum atomic E-state index is 12.0.